The summed E-state index contributed by atoms with van der Waals surface area (Å²) in [5.41, 5.74) is 7.59. The SMILES string of the molecule is CCOc1cc(N(CCC#N)CC(C)C)ccc1N. The smallest absolute Gasteiger partial charge is 0.144 e. The maximum absolute atomic E-state index is 8.76. The van der Waals surface area contributed by atoms with E-state index in [2.05, 4.69) is 24.8 Å². The minimum atomic E-state index is 0.515. The average molecular weight is 261 g/mol. The van der Waals surface area contributed by atoms with Crippen LogP contribution < -0.4 is 15.4 Å². The number of hydrogen-bond acceptors (Lipinski definition) is 4. The van der Waals surface area contributed by atoms with E-state index in [1.165, 1.54) is 0 Å². The second kappa shape index (κ2) is 7.52. The van der Waals surface area contributed by atoms with Crippen molar-refractivity contribution in [2.24, 2.45) is 5.92 Å². The maximum Gasteiger partial charge on any atom is 0.144 e. The Hall–Kier alpha value is -1.89. The number of hydrogen-bond donors (Lipinski definition) is 1. The molecule has 104 valence electrons. The lowest BCUT2D eigenvalue weighted by atomic mass is 10.1. The van der Waals surface area contributed by atoms with Crippen LogP contribution in [0.4, 0.5) is 11.4 Å². The third-order valence-corrected chi connectivity index (χ3v) is 2.74. The third kappa shape index (κ3) is 4.70. The number of nitrogen functional groups attached to an aromatic ring is 1. The molecule has 0 atom stereocenters. The number of anilines is 2. The lowest BCUT2D eigenvalue weighted by molar-refractivity contribution is 0.342. The van der Waals surface area contributed by atoms with Gasteiger partial charge in [-0.25, -0.2) is 0 Å². The molecule has 0 fully saturated rings. The number of rotatable bonds is 7. The van der Waals surface area contributed by atoms with E-state index in [0.717, 1.165) is 18.8 Å². The van der Waals surface area contributed by atoms with Crippen molar-refractivity contribution >= 4 is 11.4 Å². The highest BCUT2D eigenvalue weighted by atomic mass is 16.5. The predicted octanol–water partition coefficient (Wildman–Crippen LogP) is 3.04. The topological polar surface area (TPSA) is 62.3 Å². The minimum absolute atomic E-state index is 0.515. The van der Waals surface area contributed by atoms with Crippen molar-refractivity contribution in [1.29, 1.82) is 5.26 Å². The fraction of sp³-hybridized carbons (Fsp3) is 0.533. The van der Waals surface area contributed by atoms with Gasteiger partial charge in [0.1, 0.15) is 5.75 Å². The Morgan fingerprint density at radius 3 is 2.74 bits per heavy atom. The van der Waals surface area contributed by atoms with Crippen LogP contribution in [0.15, 0.2) is 18.2 Å². The van der Waals surface area contributed by atoms with E-state index in [4.69, 9.17) is 15.7 Å². The van der Waals surface area contributed by atoms with Gasteiger partial charge in [-0.1, -0.05) is 13.8 Å². The summed E-state index contributed by atoms with van der Waals surface area (Å²) in [6.07, 6.45) is 0.515. The van der Waals surface area contributed by atoms with Crippen molar-refractivity contribution < 1.29 is 4.74 Å². The van der Waals surface area contributed by atoms with Gasteiger partial charge in [-0.05, 0) is 25.0 Å². The van der Waals surface area contributed by atoms with Gasteiger partial charge in [0.15, 0.2) is 0 Å². The monoisotopic (exact) mass is 261 g/mol. The summed E-state index contributed by atoms with van der Waals surface area (Å²) in [6, 6.07) is 8.00. The number of nitrogens with two attached hydrogens (primary N) is 1. The summed E-state index contributed by atoms with van der Waals surface area (Å²) in [6.45, 7) is 8.51. The summed E-state index contributed by atoms with van der Waals surface area (Å²) in [7, 11) is 0. The Morgan fingerprint density at radius 1 is 1.42 bits per heavy atom. The zero-order chi connectivity index (χ0) is 14.3. The van der Waals surface area contributed by atoms with Crippen molar-refractivity contribution in [2.75, 3.05) is 30.3 Å². The Bertz CT molecular complexity index is 438. The summed E-state index contributed by atoms with van der Waals surface area (Å²) in [5.74, 6) is 1.25. The Labute approximate surface area is 115 Å². The molecule has 0 aliphatic carbocycles. The molecule has 1 aromatic rings. The van der Waals surface area contributed by atoms with Crippen LogP contribution in [-0.4, -0.2) is 19.7 Å². The molecular weight excluding hydrogens is 238 g/mol. The van der Waals surface area contributed by atoms with Crippen LogP contribution >= 0.6 is 0 Å². The third-order valence-electron chi connectivity index (χ3n) is 2.74. The van der Waals surface area contributed by atoms with Crippen molar-refractivity contribution in [3.05, 3.63) is 18.2 Å². The van der Waals surface area contributed by atoms with Crippen molar-refractivity contribution in [3.63, 3.8) is 0 Å². The molecule has 0 aliphatic rings. The normalized spacial score (nSPS) is 10.3. The summed E-state index contributed by atoms with van der Waals surface area (Å²) >= 11 is 0. The average Bonchev–Trinajstić information content (AvgIpc) is 2.37. The van der Waals surface area contributed by atoms with Gasteiger partial charge in [-0.2, -0.15) is 5.26 Å². The van der Waals surface area contributed by atoms with Gasteiger partial charge >= 0.3 is 0 Å². The highest BCUT2D eigenvalue weighted by molar-refractivity contribution is 5.62. The molecule has 0 saturated carbocycles. The standard InChI is InChI=1S/C15H23N3O/c1-4-19-15-10-13(6-7-14(15)17)18(9-5-8-16)11-12(2)3/h6-7,10,12H,4-5,9,11,17H2,1-3H3. The quantitative estimate of drug-likeness (QED) is 0.766. The van der Waals surface area contributed by atoms with Crippen LogP contribution in [0.1, 0.15) is 27.2 Å². The van der Waals surface area contributed by atoms with E-state index < -0.39 is 0 Å². The molecule has 0 heterocycles. The van der Waals surface area contributed by atoms with Gasteiger partial charge < -0.3 is 15.4 Å². The Kier molecular flexibility index (Phi) is 6.01. The van der Waals surface area contributed by atoms with Crippen molar-refractivity contribution in [3.8, 4) is 11.8 Å². The highest BCUT2D eigenvalue weighted by Crippen LogP contribution is 2.28. The second-order valence-electron chi connectivity index (χ2n) is 4.90. The number of ether oxygens (including phenoxy) is 1. The van der Waals surface area contributed by atoms with E-state index in [0.29, 0.717) is 30.4 Å². The molecule has 0 aromatic heterocycles. The van der Waals surface area contributed by atoms with Crippen molar-refractivity contribution in [1.82, 2.24) is 0 Å². The van der Waals surface area contributed by atoms with E-state index >= 15 is 0 Å². The van der Waals surface area contributed by atoms with Crippen LogP contribution in [0.5, 0.6) is 5.75 Å². The zero-order valence-electron chi connectivity index (χ0n) is 12.0. The fourth-order valence-corrected chi connectivity index (χ4v) is 1.95. The number of benzene rings is 1. The van der Waals surface area contributed by atoms with Gasteiger partial charge in [0.05, 0.1) is 24.8 Å². The van der Waals surface area contributed by atoms with E-state index in [-0.39, 0.29) is 0 Å². The molecule has 0 aliphatic heterocycles. The molecule has 1 rings (SSSR count). The van der Waals surface area contributed by atoms with Crippen LogP contribution in [0.2, 0.25) is 0 Å². The fourth-order valence-electron chi connectivity index (χ4n) is 1.95. The summed E-state index contributed by atoms with van der Waals surface area (Å²) in [5, 5.41) is 8.76. The Balaban J connectivity index is 2.94. The first kappa shape index (κ1) is 15.2. The lowest BCUT2D eigenvalue weighted by Gasteiger charge is -2.26. The first-order chi connectivity index (χ1) is 9.08. The van der Waals surface area contributed by atoms with Gasteiger partial charge in [0.25, 0.3) is 0 Å². The molecule has 0 radical (unpaired) electrons. The van der Waals surface area contributed by atoms with Crippen LogP contribution in [0.3, 0.4) is 0 Å². The number of nitriles is 1. The van der Waals surface area contributed by atoms with Gasteiger partial charge in [-0.15, -0.1) is 0 Å². The minimum Gasteiger partial charge on any atom is -0.492 e. The van der Waals surface area contributed by atoms with Crippen LogP contribution in [0.25, 0.3) is 0 Å². The van der Waals surface area contributed by atoms with Crippen LogP contribution in [0, 0.1) is 17.2 Å². The molecule has 0 amide bonds. The molecule has 0 bridgehead atoms. The summed E-state index contributed by atoms with van der Waals surface area (Å²) < 4.78 is 5.52. The first-order valence-corrected chi connectivity index (χ1v) is 6.72. The molecule has 0 unspecified atom stereocenters. The largest absolute Gasteiger partial charge is 0.492 e. The molecule has 4 heteroatoms. The van der Waals surface area contributed by atoms with E-state index in [1.807, 2.05) is 25.1 Å². The van der Waals surface area contributed by atoms with Gasteiger partial charge in [0, 0.05) is 24.8 Å². The molecule has 19 heavy (non-hydrogen) atoms. The summed E-state index contributed by atoms with van der Waals surface area (Å²) in [4.78, 5) is 2.20. The predicted molar refractivity (Wildman–Crippen MR) is 79.3 cm³/mol. The molecule has 0 saturated heterocycles. The zero-order valence-corrected chi connectivity index (χ0v) is 12.0. The van der Waals surface area contributed by atoms with Gasteiger partial charge in [0.2, 0.25) is 0 Å². The lowest BCUT2D eigenvalue weighted by Crippen LogP contribution is -2.28. The molecule has 4 nitrogen and oxygen atoms in total. The van der Waals surface area contributed by atoms with E-state index in [9.17, 15) is 0 Å². The highest BCUT2D eigenvalue weighted by Gasteiger charge is 2.11. The molecule has 0 spiro atoms. The molecule has 2 N–H and O–H groups in total. The van der Waals surface area contributed by atoms with Crippen LogP contribution in [-0.2, 0) is 0 Å². The Morgan fingerprint density at radius 2 is 2.16 bits per heavy atom. The first-order valence-electron chi connectivity index (χ1n) is 6.72. The molecular formula is C15H23N3O. The van der Waals surface area contributed by atoms with Crippen molar-refractivity contribution in [2.45, 2.75) is 27.2 Å². The maximum atomic E-state index is 8.76. The number of nitrogens with zero attached hydrogens (tertiary/aromatic N) is 2. The molecule has 1 aromatic carbocycles. The van der Waals surface area contributed by atoms with Gasteiger partial charge in [-0.3, -0.25) is 0 Å². The van der Waals surface area contributed by atoms with E-state index in [1.54, 1.807) is 0 Å². The second-order valence-corrected chi connectivity index (χ2v) is 4.90.